The molecule has 0 unspecified atom stereocenters. The van der Waals surface area contributed by atoms with Crippen LogP contribution in [0.4, 0.5) is 0 Å². The van der Waals surface area contributed by atoms with E-state index < -0.39 is 38.7 Å². The van der Waals surface area contributed by atoms with Crippen LogP contribution in [0.5, 0.6) is 0 Å². The Morgan fingerprint density at radius 3 is 2.47 bits per heavy atom. The smallest absolute Gasteiger partial charge is 0.325 e. The van der Waals surface area contributed by atoms with E-state index in [1.165, 1.54) is 6.92 Å². The van der Waals surface area contributed by atoms with E-state index in [0.717, 1.165) is 0 Å². The van der Waals surface area contributed by atoms with E-state index in [4.69, 9.17) is 0 Å². The van der Waals surface area contributed by atoms with Crippen molar-refractivity contribution in [2.45, 2.75) is 18.7 Å². The van der Waals surface area contributed by atoms with Crippen LogP contribution in [0.1, 0.15) is 12.6 Å². The molecule has 0 aromatic carbocycles. The highest BCUT2D eigenvalue weighted by atomic mass is 32.2. The van der Waals surface area contributed by atoms with Gasteiger partial charge in [-0.2, -0.15) is 4.72 Å². The van der Waals surface area contributed by atoms with Crippen molar-refractivity contribution in [2.24, 2.45) is 0 Å². The lowest BCUT2D eigenvalue weighted by Gasteiger charge is -2.07. The molecular formula is C9H13N3O6S. The van der Waals surface area contributed by atoms with Gasteiger partial charge in [0.15, 0.2) is 4.90 Å². The van der Waals surface area contributed by atoms with Crippen LogP contribution in [0.3, 0.4) is 0 Å². The molecule has 0 fully saturated rings. The lowest BCUT2D eigenvalue weighted by Crippen LogP contribution is -2.37. The van der Waals surface area contributed by atoms with E-state index in [0.29, 0.717) is 0 Å². The van der Waals surface area contributed by atoms with Gasteiger partial charge in [-0.05, 0) is 13.8 Å². The number of rotatable bonds is 5. The quantitative estimate of drug-likeness (QED) is 0.548. The molecule has 1 heterocycles. The Bertz CT molecular complexity index is 687. The molecule has 0 saturated heterocycles. The van der Waals surface area contributed by atoms with Gasteiger partial charge in [-0.1, -0.05) is 0 Å². The van der Waals surface area contributed by atoms with Crippen LogP contribution >= 0.6 is 0 Å². The maximum absolute atomic E-state index is 11.8. The molecule has 0 radical (unpaired) electrons. The lowest BCUT2D eigenvalue weighted by molar-refractivity contribution is -0.141. The minimum Gasteiger partial charge on any atom is -0.465 e. The van der Waals surface area contributed by atoms with Gasteiger partial charge in [0.25, 0.3) is 5.56 Å². The molecule has 0 amide bonds. The number of aryl methyl sites for hydroxylation is 1. The van der Waals surface area contributed by atoms with Crippen LogP contribution in [-0.2, 0) is 19.6 Å². The second-order valence-electron chi connectivity index (χ2n) is 3.49. The Morgan fingerprint density at radius 2 is 1.95 bits per heavy atom. The highest BCUT2D eigenvalue weighted by Crippen LogP contribution is 2.04. The van der Waals surface area contributed by atoms with Gasteiger partial charge in [-0.15, -0.1) is 0 Å². The van der Waals surface area contributed by atoms with Crippen molar-refractivity contribution in [3.63, 3.8) is 0 Å². The van der Waals surface area contributed by atoms with E-state index in [1.54, 1.807) is 11.9 Å². The third kappa shape index (κ3) is 3.76. The maximum Gasteiger partial charge on any atom is 0.325 e. The van der Waals surface area contributed by atoms with Crippen molar-refractivity contribution in [1.82, 2.24) is 14.7 Å². The molecule has 106 valence electrons. The number of esters is 1. The molecule has 0 atom stereocenters. The predicted octanol–water partition coefficient (Wildman–Crippen LogP) is -1.79. The van der Waals surface area contributed by atoms with Crippen LogP contribution in [0.15, 0.2) is 14.5 Å². The number of carbonyl (C=O) groups excluding carboxylic acids is 1. The second kappa shape index (κ2) is 5.80. The molecule has 1 rings (SSSR count). The Hall–Kier alpha value is -1.94. The first-order valence-electron chi connectivity index (χ1n) is 5.26. The summed E-state index contributed by atoms with van der Waals surface area (Å²) in [5, 5.41) is 0. The summed E-state index contributed by atoms with van der Waals surface area (Å²) in [6.07, 6.45) is 0. The molecule has 0 aliphatic rings. The summed E-state index contributed by atoms with van der Waals surface area (Å²) < 4.78 is 30.1. The van der Waals surface area contributed by atoms with Gasteiger partial charge in [0, 0.05) is 5.69 Å². The van der Waals surface area contributed by atoms with Crippen LogP contribution in [0.25, 0.3) is 0 Å². The highest BCUT2D eigenvalue weighted by molar-refractivity contribution is 7.89. The number of hydrogen-bond donors (Lipinski definition) is 3. The molecule has 19 heavy (non-hydrogen) atoms. The molecule has 0 bridgehead atoms. The molecule has 9 nitrogen and oxygen atoms in total. The highest BCUT2D eigenvalue weighted by Gasteiger charge is 2.23. The zero-order valence-corrected chi connectivity index (χ0v) is 11.1. The zero-order chi connectivity index (χ0) is 14.6. The van der Waals surface area contributed by atoms with E-state index >= 15 is 0 Å². The topological polar surface area (TPSA) is 138 Å². The van der Waals surface area contributed by atoms with Gasteiger partial charge in [-0.25, -0.2) is 13.2 Å². The molecule has 0 saturated carbocycles. The SMILES string of the molecule is CCOC(=O)CNS(=O)(=O)c1c(C)[nH]c(=O)[nH]c1=O. The fourth-order valence-corrected chi connectivity index (χ4v) is 2.55. The average molecular weight is 291 g/mol. The van der Waals surface area contributed by atoms with Gasteiger partial charge in [-0.3, -0.25) is 14.6 Å². The van der Waals surface area contributed by atoms with E-state index in [9.17, 15) is 22.8 Å². The monoisotopic (exact) mass is 291 g/mol. The summed E-state index contributed by atoms with van der Waals surface area (Å²) in [5.41, 5.74) is -1.99. The minimum absolute atomic E-state index is 0.110. The molecular weight excluding hydrogens is 278 g/mol. The van der Waals surface area contributed by atoms with Gasteiger partial charge in [0.05, 0.1) is 6.61 Å². The van der Waals surface area contributed by atoms with Crippen molar-refractivity contribution in [2.75, 3.05) is 13.2 Å². The number of H-pyrrole nitrogens is 2. The van der Waals surface area contributed by atoms with Crippen molar-refractivity contribution < 1.29 is 17.9 Å². The predicted molar refractivity (Wildman–Crippen MR) is 64.2 cm³/mol. The number of nitrogens with one attached hydrogen (secondary N) is 3. The van der Waals surface area contributed by atoms with Crippen LogP contribution in [0.2, 0.25) is 0 Å². The molecule has 0 spiro atoms. The Kier molecular flexibility index (Phi) is 4.62. The molecule has 1 aromatic rings. The van der Waals surface area contributed by atoms with Crippen LogP contribution in [-0.4, -0.2) is 37.5 Å². The summed E-state index contributed by atoms with van der Waals surface area (Å²) in [5.74, 6) is -0.774. The summed E-state index contributed by atoms with van der Waals surface area (Å²) in [6.45, 7) is 2.34. The first-order chi connectivity index (χ1) is 8.77. The number of hydrogen-bond acceptors (Lipinski definition) is 6. The standard InChI is InChI=1S/C9H13N3O6S/c1-3-18-6(13)4-10-19(16,17)7-5(2)11-9(15)12-8(7)14/h10H,3-4H2,1-2H3,(H2,11,12,14,15). The van der Waals surface area contributed by atoms with E-state index in [-0.39, 0.29) is 12.3 Å². The van der Waals surface area contributed by atoms with Crippen molar-refractivity contribution in [3.8, 4) is 0 Å². The number of ether oxygens (including phenoxy) is 1. The van der Waals surface area contributed by atoms with Crippen LogP contribution in [0, 0.1) is 6.92 Å². The third-order valence-electron chi connectivity index (χ3n) is 2.06. The van der Waals surface area contributed by atoms with E-state index in [1.807, 2.05) is 4.72 Å². The Labute approximate surface area is 108 Å². The van der Waals surface area contributed by atoms with Crippen molar-refractivity contribution in [1.29, 1.82) is 0 Å². The summed E-state index contributed by atoms with van der Waals surface area (Å²) in [6, 6.07) is 0. The molecule has 3 N–H and O–H groups in total. The lowest BCUT2D eigenvalue weighted by atomic mass is 10.4. The number of carbonyl (C=O) groups is 1. The third-order valence-corrected chi connectivity index (χ3v) is 3.61. The second-order valence-corrected chi connectivity index (χ2v) is 5.20. The number of aromatic nitrogens is 2. The van der Waals surface area contributed by atoms with Gasteiger partial charge < -0.3 is 9.72 Å². The Balaban J connectivity index is 3.05. The van der Waals surface area contributed by atoms with Gasteiger partial charge in [0.2, 0.25) is 10.0 Å². The largest absolute Gasteiger partial charge is 0.465 e. The summed E-state index contributed by atoms with van der Waals surface area (Å²) in [7, 11) is -4.22. The summed E-state index contributed by atoms with van der Waals surface area (Å²) in [4.78, 5) is 36.8. The zero-order valence-electron chi connectivity index (χ0n) is 10.3. The number of aromatic amines is 2. The molecule has 10 heteroatoms. The van der Waals surface area contributed by atoms with Gasteiger partial charge in [0.1, 0.15) is 6.54 Å². The van der Waals surface area contributed by atoms with E-state index in [2.05, 4.69) is 9.72 Å². The van der Waals surface area contributed by atoms with Crippen molar-refractivity contribution in [3.05, 3.63) is 26.5 Å². The van der Waals surface area contributed by atoms with Crippen molar-refractivity contribution >= 4 is 16.0 Å². The normalized spacial score (nSPS) is 11.3. The Morgan fingerprint density at radius 1 is 1.32 bits per heavy atom. The first kappa shape index (κ1) is 15.1. The number of sulfonamides is 1. The summed E-state index contributed by atoms with van der Waals surface area (Å²) >= 11 is 0. The average Bonchev–Trinajstić information content (AvgIpc) is 2.25. The fourth-order valence-electron chi connectivity index (χ4n) is 1.35. The fraction of sp³-hybridized carbons (Fsp3) is 0.444. The molecule has 0 aliphatic carbocycles. The van der Waals surface area contributed by atoms with Gasteiger partial charge >= 0.3 is 11.7 Å². The van der Waals surface area contributed by atoms with Crippen LogP contribution < -0.4 is 16.0 Å². The minimum atomic E-state index is -4.22. The molecule has 0 aliphatic heterocycles. The molecule has 1 aromatic heterocycles. The maximum atomic E-state index is 11.8. The first-order valence-corrected chi connectivity index (χ1v) is 6.74.